The van der Waals surface area contributed by atoms with Crippen molar-refractivity contribution < 1.29 is 0 Å². The van der Waals surface area contributed by atoms with Gasteiger partial charge in [0.15, 0.2) is 0 Å². The third-order valence-corrected chi connectivity index (χ3v) is 7.93. The van der Waals surface area contributed by atoms with Crippen molar-refractivity contribution in [3.05, 3.63) is 191 Å². The maximum atomic E-state index is 2.26. The minimum Gasteiger partial charge on any atom is -0.0622 e. The first kappa shape index (κ1) is 22.5. The zero-order valence-corrected chi connectivity index (χ0v) is 21.2. The molecule has 0 N–H and O–H groups in total. The molecule has 0 amide bonds. The Labute approximate surface area is 224 Å². The minimum absolute atomic E-state index is 0.383. The molecule has 0 spiro atoms. The van der Waals surface area contributed by atoms with Gasteiger partial charge in [-0.25, -0.2) is 0 Å². The second kappa shape index (κ2) is 9.65. The molecule has 0 heterocycles. The highest BCUT2D eigenvalue weighted by Gasteiger charge is 2.29. The Bertz CT molecular complexity index is 1490. The van der Waals surface area contributed by atoms with Crippen LogP contribution in [0.15, 0.2) is 158 Å². The van der Waals surface area contributed by atoms with Crippen molar-refractivity contribution in [2.24, 2.45) is 0 Å². The Morgan fingerprint density at radius 3 is 0.763 bits per heavy atom. The maximum absolute atomic E-state index is 2.26. The lowest BCUT2D eigenvalue weighted by Gasteiger charge is -2.13. The summed E-state index contributed by atoms with van der Waals surface area (Å²) in [4.78, 5) is 0. The van der Waals surface area contributed by atoms with E-state index in [1.807, 2.05) is 0 Å². The Morgan fingerprint density at radius 2 is 0.474 bits per heavy atom. The summed E-state index contributed by atoms with van der Waals surface area (Å²) in [5.74, 6) is 0.766. The molecule has 0 aliphatic heterocycles. The van der Waals surface area contributed by atoms with E-state index in [9.17, 15) is 0 Å². The van der Waals surface area contributed by atoms with Crippen LogP contribution in [-0.2, 0) is 0 Å². The molecule has 6 aromatic carbocycles. The summed E-state index contributed by atoms with van der Waals surface area (Å²) in [5, 5.41) is 0. The number of fused-ring (bicyclic) bond motifs is 6. The lowest BCUT2D eigenvalue weighted by Crippen LogP contribution is -1.98. The van der Waals surface area contributed by atoms with Crippen molar-refractivity contribution >= 4 is 0 Å². The second-order valence-corrected chi connectivity index (χ2v) is 10.0. The van der Waals surface area contributed by atoms with Crippen molar-refractivity contribution in [2.45, 2.75) is 11.8 Å². The van der Waals surface area contributed by atoms with Gasteiger partial charge in [-0.1, -0.05) is 158 Å². The molecule has 0 aromatic heterocycles. The number of hydrogen-bond donors (Lipinski definition) is 0. The molecule has 0 bridgehead atoms. The zero-order chi connectivity index (χ0) is 25.3. The van der Waals surface area contributed by atoms with E-state index in [4.69, 9.17) is 0 Å². The number of benzene rings is 6. The molecule has 2 aliphatic rings. The summed E-state index contributed by atoms with van der Waals surface area (Å²) in [5.41, 5.74) is 14.0. The van der Waals surface area contributed by atoms with Crippen LogP contribution in [0.25, 0.3) is 22.3 Å². The van der Waals surface area contributed by atoms with Gasteiger partial charge in [0.25, 0.3) is 0 Å². The highest BCUT2D eigenvalue weighted by molar-refractivity contribution is 5.81. The molecule has 0 unspecified atom stereocenters. The van der Waals surface area contributed by atoms with E-state index in [1.165, 1.54) is 55.6 Å². The van der Waals surface area contributed by atoms with Gasteiger partial charge in [0, 0.05) is 11.8 Å². The van der Waals surface area contributed by atoms with Crippen LogP contribution >= 0.6 is 0 Å². The summed E-state index contributed by atoms with van der Waals surface area (Å²) < 4.78 is 0. The largest absolute Gasteiger partial charge is 0.0622 e. The standard InChI is InChI=1S/2C19H14/c2*1-2-8-14(9-3-1)19-17-12-6-4-10-15(17)16-11-5-7-13-18(16)19/h2*1-13,19H. The zero-order valence-electron chi connectivity index (χ0n) is 21.2. The molecule has 6 aromatic rings. The van der Waals surface area contributed by atoms with Gasteiger partial charge in [0.05, 0.1) is 0 Å². The molecule has 8 rings (SSSR count). The maximum Gasteiger partial charge on any atom is 0.0352 e. The van der Waals surface area contributed by atoms with E-state index in [-0.39, 0.29) is 0 Å². The predicted octanol–water partition coefficient (Wildman–Crippen LogP) is 9.69. The highest BCUT2D eigenvalue weighted by atomic mass is 14.3. The van der Waals surface area contributed by atoms with Gasteiger partial charge < -0.3 is 0 Å². The van der Waals surface area contributed by atoms with Gasteiger partial charge in [0.2, 0.25) is 0 Å². The normalized spacial score (nSPS) is 13.1. The summed E-state index contributed by atoms with van der Waals surface area (Å²) in [7, 11) is 0. The smallest absolute Gasteiger partial charge is 0.0352 e. The van der Waals surface area contributed by atoms with Crippen LogP contribution in [0.3, 0.4) is 0 Å². The van der Waals surface area contributed by atoms with Crippen LogP contribution in [0.2, 0.25) is 0 Å². The molecule has 38 heavy (non-hydrogen) atoms. The van der Waals surface area contributed by atoms with Crippen molar-refractivity contribution in [1.82, 2.24) is 0 Å². The number of hydrogen-bond acceptors (Lipinski definition) is 0. The lowest BCUT2D eigenvalue weighted by molar-refractivity contribution is 1.01. The van der Waals surface area contributed by atoms with Crippen molar-refractivity contribution in [3.63, 3.8) is 0 Å². The van der Waals surface area contributed by atoms with Gasteiger partial charge in [-0.05, 0) is 55.6 Å². The molecule has 180 valence electrons. The fourth-order valence-corrected chi connectivity index (χ4v) is 6.32. The first-order valence-corrected chi connectivity index (χ1v) is 13.4. The van der Waals surface area contributed by atoms with E-state index < -0.39 is 0 Å². The Hall–Kier alpha value is -4.68. The average Bonchev–Trinajstić information content (AvgIpc) is 3.52. The van der Waals surface area contributed by atoms with Gasteiger partial charge in [-0.2, -0.15) is 0 Å². The van der Waals surface area contributed by atoms with Gasteiger partial charge in [0.1, 0.15) is 0 Å². The molecule has 0 atom stereocenters. The topological polar surface area (TPSA) is 0 Å². The van der Waals surface area contributed by atoms with Crippen LogP contribution in [0.4, 0.5) is 0 Å². The second-order valence-electron chi connectivity index (χ2n) is 10.0. The summed E-state index contributed by atoms with van der Waals surface area (Å²) in [6.45, 7) is 0. The van der Waals surface area contributed by atoms with Gasteiger partial charge >= 0.3 is 0 Å². The summed E-state index contributed by atoms with van der Waals surface area (Å²) in [6.07, 6.45) is 0. The molecular formula is C38H28. The predicted molar refractivity (Wildman–Crippen MR) is 159 cm³/mol. The van der Waals surface area contributed by atoms with Crippen LogP contribution in [0.5, 0.6) is 0 Å². The molecule has 0 radical (unpaired) electrons. The van der Waals surface area contributed by atoms with Crippen molar-refractivity contribution in [3.8, 4) is 22.3 Å². The van der Waals surface area contributed by atoms with Crippen molar-refractivity contribution in [2.75, 3.05) is 0 Å². The molecule has 0 saturated heterocycles. The van der Waals surface area contributed by atoms with E-state index >= 15 is 0 Å². The van der Waals surface area contributed by atoms with E-state index in [0.29, 0.717) is 11.8 Å². The lowest BCUT2D eigenvalue weighted by atomic mass is 9.89. The molecule has 0 heteroatoms. The Morgan fingerprint density at radius 1 is 0.237 bits per heavy atom. The van der Waals surface area contributed by atoms with Crippen LogP contribution < -0.4 is 0 Å². The van der Waals surface area contributed by atoms with Crippen LogP contribution in [0, 0.1) is 0 Å². The van der Waals surface area contributed by atoms with Crippen LogP contribution in [-0.4, -0.2) is 0 Å². The SMILES string of the molecule is c1ccc(C2c3ccccc3-c3ccccc32)cc1.c1ccc(C2c3ccccc3-c3ccccc32)cc1. The third-order valence-electron chi connectivity index (χ3n) is 7.93. The monoisotopic (exact) mass is 484 g/mol. The fraction of sp³-hybridized carbons (Fsp3) is 0.0526. The van der Waals surface area contributed by atoms with Crippen LogP contribution in [0.1, 0.15) is 45.2 Å². The molecular weight excluding hydrogens is 456 g/mol. The Balaban J connectivity index is 0.000000127. The van der Waals surface area contributed by atoms with Gasteiger partial charge in [-0.15, -0.1) is 0 Å². The van der Waals surface area contributed by atoms with E-state index in [2.05, 4.69) is 158 Å². The molecule has 0 saturated carbocycles. The quantitative estimate of drug-likeness (QED) is 0.229. The molecule has 0 fully saturated rings. The molecule has 0 nitrogen and oxygen atoms in total. The molecule has 2 aliphatic carbocycles. The van der Waals surface area contributed by atoms with Gasteiger partial charge in [-0.3, -0.25) is 0 Å². The number of rotatable bonds is 2. The van der Waals surface area contributed by atoms with E-state index in [1.54, 1.807) is 0 Å². The summed E-state index contributed by atoms with van der Waals surface area (Å²) >= 11 is 0. The third kappa shape index (κ3) is 3.78. The summed E-state index contributed by atoms with van der Waals surface area (Å²) in [6, 6.07) is 56.6. The van der Waals surface area contributed by atoms with E-state index in [0.717, 1.165) is 0 Å². The minimum atomic E-state index is 0.383. The first-order chi connectivity index (χ1) is 18.9. The highest BCUT2D eigenvalue weighted by Crippen LogP contribution is 2.48. The fourth-order valence-electron chi connectivity index (χ4n) is 6.32. The first-order valence-electron chi connectivity index (χ1n) is 13.4. The average molecular weight is 485 g/mol. The van der Waals surface area contributed by atoms with Crippen molar-refractivity contribution in [1.29, 1.82) is 0 Å². The Kier molecular flexibility index (Phi) is 5.72.